The van der Waals surface area contributed by atoms with Crippen LogP contribution in [0.5, 0.6) is 0 Å². The topological polar surface area (TPSA) is 46.9 Å². The molecule has 0 aliphatic heterocycles. The Morgan fingerprint density at radius 1 is 1.41 bits per heavy atom. The van der Waals surface area contributed by atoms with E-state index in [-0.39, 0.29) is 11.9 Å². The minimum atomic E-state index is 0.0160. The number of rotatable bonds is 2. The van der Waals surface area contributed by atoms with Crippen LogP contribution >= 0.6 is 11.3 Å². The van der Waals surface area contributed by atoms with Crippen LogP contribution < -0.4 is 5.32 Å². The molecule has 3 aromatic rings. The second-order valence-electron chi connectivity index (χ2n) is 5.80. The van der Waals surface area contributed by atoms with Gasteiger partial charge in [-0.25, -0.2) is 0 Å². The average Bonchev–Trinajstić information content (AvgIpc) is 3.17. The first kappa shape index (κ1) is 13.5. The molecule has 5 heteroatoms. The van der Waals surface area contributed by atoms with Crippen LogP contribution in [0.4, 0.5) is 0 Å². The maximum absolute atomic E-state index is 12.6. The van der Waals surface area contributed by atoms with E-state index in [9.17, 15) is 4.79 Å². The highest BCUT2D eigenvalue weighted by Crippen LogP contribution is 2.32. The number of aryl methyl sites for hydroxylation is 3. The molecule has 2 aromatic heterocycles. The van der Waals surface area contributed by atoms with E-state index in [0.717, 1.165) is 33.6 Å². The Morgan fingerprint density at radius 3 is 3.05 bits per heavy atom. The first-order chi connectivity index (χ1) is 10.6. The molecule has 1 amide bonds. The molecular weight excluding hydrogens is 294 g/mol. The van der Waals surface area contributed by atoms with Crippen molar-refractivity contribution < 1.29 is 4.79 Å². The molecule has 0 bridgehead atoms. The molecule has 2 heterocycles. The lowest BCUT2D eigenvalue weighted by atomic mass is 10.1. The van der Waals surface area contributed by atoms with Crippen molar-refractivity contribution in [2.75, 3.05) is 0 Å². The number of hydrogen-bond acceptors (Lipinski definition) is 3. The summed E-state index contributed by atoms with van der Waals surface area (Å²) in [5.41, 5.74) is 3.58. The van der Waals surface area contributed by atoms with Gasteiger partial charge in [-0.3, -0.25) is 9.48 Å². The Labute approximate surface area is 132 Å². The van der Waals surface area contributed by atoms with E-state index < -0.39 is 0 Å². The van der Waals surface area contributed by atoms with Crippen LogP contribution in [-0.2, 0) is 13.5 Å². The minimum Gasteiger partial charge on any atom is -0.345 e. The van der Waals surface area contributed by atoms with Gasteiger partial charge in [0.1, 0.15) is 4.83 Å². The van der Waals surface area contributed by atoms with Gasteiger partial charge >= 0.3 is 0 Å². The third-order valence-corrected chi connectivity index (χ3v) is 5.56. The zero-order valence-electron chi connectivity index (χ0n) is 12.6. The molecule has 1 aliphatic rings. The van der Waals surface area contributed by atoms with E-state index in [4.69, 9.17) is 0 Å². The highest BCUT2D eigenvalue weighted by atomic mass is 32.1. The van der Waals surface area contributed by atoms with Crippen molar-refractivity contribution in [1.29, 1.82) is 0 Å². The van der Waals surface area contributed by atoms with Crippen LogP contribution in [0.1, 0.15) is 39.0 Å². The predicted octanol–water partition coefficient (Wildman–Crippen LogP) is 3.36. The smallest absolute Gasteiger partial charge is 0.261 e. The molecule has 0 spiro atoms. The molecule has 112 valence electrons. The Hall–Kier alpha value is -2.14. The summed E-state index contributed by atoms with van der Waals surface area (Å²) in [5.74, 6) is 0.0160. The van der Waals surface area contributed by atoms with Gasteiger partial charge in [-0.05, 0) is 37.0 Å². The van der Waals surface area contributed by atoms with Crippen LogP contribution in [0.25, 0.3) is 10.2 Å². The molecule has 0 radical (unpaired) electrons. The van der Waals surface area contributed by atoms with E-state index in [1.165, 1.54) is 22.5 Å². The van der Waals surface area contributed by atoms with Crippen molar-refractivity contribution in [3.8, 4) is 0 Å². The van der Waals surface area contributed by atoms with Gasteiger partial charge in [0, 0.05) is 12.4 Å². The van der Waals surface area contributed by atoms with E-state index >= 15 is 0 Å². The van der Waals surface area contributed by atoms with Crippen molar-refractivity contribution >= 4 is 27.5 Å². The summed E-state index contributed by atoms with van der Waals surface area (Å²) in [6.07, 6.45) is 2.02. The maximum atomic E-state index is 12.6. The van der Waals surface area contributed by atoms with Gasteiger partial charge in [0.05, 0.1) is 16.6 Å². The highest BCUT2D eigenvalue weighted by Gasteiger charge is 2.24. The molecule has 1 atom stereocenters. The SMILES string of the molecule is Cc1nn(C)c2sc(C(=O)N[C@H]3CCc4ccccc43)cc12. The molecule has 22 heavy (non-hydrogen) atoms. The molecule has 1 aliphatic carbocycles. The Balaban J connectivity index is 1.61. The second-order valence-corrected chi connectivity index (χ2v) is 6.83. The molecule has 4 rings (SSSR count). The fourth-order valence-electron chi connectivity index (χ4n) is 3.25. The fraction of sp³-hybridized carbons (Fsp3) is 0.294. The van der Waals surface area contributed by atoms with Gasteiger partial charge in [0.15, 0.2) is 0 Å². The number of aromatic nitrogens is 2. The summed E-state index contributed by atoms with van der Waals surface area (Å²) in [7, 11) is 1.92. The molecule has 4 nitrogen and oxygen atoms in total. The van der Waals surface area contributed by atoms with Gasteiger partial charge < -0.3 is 5.32 Å². The maximum Gasteiger partial charge on any atom is 0.261 e. The van der Waals surface area contributed by atoms with Crippen LogP contribution in [0.2, 0.25) is 0 Å². The van der Waals surface area contributed by atoms with Crippen molar-refractivity contribution in [2.24, 2.45) is 7.05 Å². The number of hydrogen-bond donors (Lipinski definition) is 1. The third-order valence-electron chi connectivity index (χ3n) is 4.36. The second kappa shape index (κ2) is 4.95. The van der Waals surface area contributed by atoms with Crippen LogP contribution in [0, 0.1) is 6.92 Å². The number of nitrogens with one attached hydrogen (secondary N) is 1. The summed E-state index contributed by atoms with van der Waals surface area (Å²) >= 11 is 1.51. The molecule has 0 saturated carbocycles. The lowest BCUT2D eigenvalue weighted by Gasteiger charge is -2.13. The van der Waals surface area contributed by atoms with E-state index in [1.54, 1.807) is 0 Å². The van der Waals surface area contributed by atoms with Crippen LogP contribution in [0.15, 0.2) is 30.3 Å². The number of thiophene rings is 1. The van der Waals surface area contributed by atoms with Crippen LogP contribution in [0.3, 0.4) is 0 Å². The monoisotopic (exact) mass is 311 g/mol. The van der Waals surface area contributed by atoms with Crippen molar-refractivity contribution in [1.82, 2.24) is 15.1 Å². The quantitative estimate of drug-likeness (QED) is 0.789. The Morgan fingerprint density at radius 2 is 2.23 bits per heavy atom. The number of fused-ring (bicyclic) bond motifs is 2. The van der Waals surface area contributed by atoms with Gasteiger partial charge in [-0.15, -0.1) is 11.3 Å². The van der Waals surface area contributed by atoms with Gasteiger partial charge in [-0.1, -0.05) is 24.3 Å². The summed E-state index contributed by atoms with van der Waals surface area (Å²) in [6, 6.07) is 10.5. The average molecular weight is 311 g/mol. The van der Waals surface area contributed by atoms with Crippen molar-refractivity contribution in [3.05, 3.63) is 52.0 Å². The van der Waals surface area contributed by atoms with Crippen molar-refractivity contribution in [3.63, 3.8) is 0 Å². The molecule has 0 unspecified atom stereocenters. The van der Waals surface area contributed by atoms with Gasteiger partial charge in [0.2, 0.25) is 0 Å². The zero-order chi connectivity index (χ0) is 15.3. The third kappa shape index (κ3) is 2.04. The molecule has 0 fully saturated rings. The number of nitrogens with zero attached hydrogens (tertiary/aromatic N) is 2. The standard InChI is InChI=1S/C17H17N3OS/c1-10-13-9-15(22-17(13)20(2)19-10)16(21)18-14-8-7-11-5-3-4-6-12(11)14/h3-6,9,14H,7-8H2,1-2H3,(H,18,21)/t14-/m0/s1. The number of carbonyl (C=O) groups excluding carboxylic acids is 1. The Bertz CT molecular complexity index is 843. The molecular formula is C17H17N3OS. The number of amides is 1. The zero-order valence-corrected chi connectivity index (χ0v) is 13.4. The first-order valence-corrected chi connectivity index (χ1v) is 8.27. The molecule has 1 aromatic carbocycles. The minimum absolute atomic E-state index is 0.0160. The lowest BCUT2D eigenvalue weighted by molar-refractivity contribution is 0.0941. The van der Waals surface area contributed by atoms with Gasteiger partial charge in [-0.2, -0.15) is 5.10 Å². The normalized spacial score (nSPS) is 16.9. The lowest BCUT2D eigenvalue weighted by Crippen LogP contribution is -2.26. The summed E-state index contributed by atoms with van der Waals surface area (Å²) in [4.78, 5) is 14.4. The summed E-state index contributed by atoms with van der Waals surface area (Å²) in [6.45, 7) is 1.98. The summed E-state index contributed by atoms with van der Waals surface area (Å²) < 4.78 is 1.84. The fourth-order valence-corrected chi connectivity index (χ4v) is 4.28. The Kier molecular flexibility index (Phi) is 3.04. The number of carbonyl (C=O) groups is 1. The first-order valence-electron chi connectivity index (χ1n) is 7.45. The molecule has 1 N–H and O–H groups in total. The summed E-state index contributed by atoms with van der Waals surface area (Å²) in [5, 5.41) is 8.64. The predicted molar refractivity (Wildman–Crippen MR) is 88.3 cm³/mol. The number of benzene rings is 1. The highest BCUT2D eigenvalue weighted by molar-refractivity contribution is 7.20. The van der Waals surface area contributed by atoms with E-state index in [0.29, 0.717) is 0 Å². The van der Waals surface area contributed by atoms with Crippen LogP contribution in [-0.4, -0.2) is 15.7 Å². The van der Waals surface area contributed by atoms with Gasteiger partial charge in [0.25, 0.3) is 5.91 Å². The molecule has 0 saturated heterocycles. The van der Waals surface area contributed by atoms with E-state index in [2.05, 4.69) is 28.6 Å². The largest absolute Gasteiger partial charge is 0.345 e. The van der Waals surface area contributed by atoms with Crippen molar-refractivity contribution in [2.45, 2.75) is 25.8 Å². The van der Waals surface area contributed by atoms with E-state index in [1.807, 2.05) is 30.8 Å².